The van der Waals surface area contributed by atoms with Crippen molar-refractivity contribution in [1.82, 2.24) is 9.99 Å². The van der Waals surface area contributed by atoms with Crippen molar-refractivity contribution in [3.05, 3.63) is 79.5 Å². The van der Waals surface area contributed by atoms with Crippen molar-refractivity contribution in [3.8, 4) is 11.4 Å². The molecule has 0 bridgehead atoms. The Morgan fingerprint density at radius 2 is 1.90 bits per heavy atom. The first-order valence-electron chi connectivity index (χ1n) is 8.70. The van der Waals surface area contributed by atoms with Gasteiger partial charge in [-0.1, -0.05) is 27.5 Å². The number of carbonyl (C=O) groups excluding carboxylic acids is 1. The molecule has 0 aliphatic rings. The third-order valence-corrected chi connectivity index (χ3v) is 5.57. The third kappa shape index (κ3) is 5.50. The zero-order valence-corrected chi connectivity index (χ0v) is 19.7. The van der Waals surface area contributed by atoms with Crippen LogP contribution in [0.2, 0.25) is 5.02 Å². The Balaban J connectivity index is 1.62. The Morgan fingerprint density at radius 3 is 2.59 bits per heavy atom. The third-order valence-electron chi connectivity index (χ3n) is 4.20. The molecule has 0 aliphatic carbocycles. The van der Waals surface area contributed by atoms with Gasteiger partial charge in [-0.15, -0.1) is 0 Å². The van der Waals surface area contributed by atoms with Crippen LogP contribution in [0.25, 0.3) is 5.69 Å². The number of hydrogen-bond acceptors (Lipinski definition) is 3. The molecule has 0 radical (unpaired) electrons. The highest BCUT2D eigenvalue weighted by Gasteiger charge is 2.10. The van der Waals surface area contributed by atoms with Gasteiger partial charge in [-0.3, -0.25) is 4.79 Å². The van der Waals surface area contributed by atoms with Gasteiger partial charge in [-0.25, -0.2) is 5.43 Å². The van der Waals surface area contributed by atoms with E-state index in [1.54, 1.807) is 12.3 Å². The smallest absolute Gasteiger partial charge is 0.277 e. The van der Waals surface area contributed by atoms with Gasteiger partial charge < -0.3 is 9.30 Å². The maximum absolute atomic E-state index is 12.0. The fourth-order valence-corrected chi connectivity index (χ4v) is 4.13. The molecule has 0 atom stereocenters. The predicted octanol–water partition coefficient (Wildman–Crippen LogP) is 5.80. The number of rotatable bonds is 6. The zero-order valence-electron chi connectivity index (χ0n) is 15.7. The molecule has 2 aromatic carbocycles. The second-order valence-corrected chi connectivity index (χ2v) is 8.50. The lowest BCUT2D eigenvalue weighted by Crippen LogP contribution is -2.24. The van der Waals surface area contributed by atoms with E-state index in [0.29, 0.717) is 10.8 Å². The second-order valence-electron chi connectivity index (χ2n) is 6.29. The highest BCUT2D eigenvalue weighted by atomic mass is 79.9. The van der Waals surface area contributed by atoms with Crippen LogP contribution in [0.4, 0.5) is 0 Å². The van der Waals surface area contributed by atoms with E-state index in [2.05, 4.69) is 47.0 Å². The molecule has 0 fully saturated rings. The standard InChI is InChI=1S/C21H18Br2ClN3O2/c1-13-9-15(14(2)27(13)18-6-4-17(24)5-7-18)11-25-26-21(28)12-29-20-8-3-16(22)10-19(20)23/h3-11H,12H2,1-2H3,(H,26,28)/b25-11+. The molecule has 0 saturated heterocycles. The Bertz CT molecular complexity index is 1060. The molecule has 29 heavy (non-hydrogen) atoms. The molecule has 0 spiro atoms. The van der Waals surface area contributed by atoms with E-state index in [-0.39, 0.29) is 12.5 Å². The van der Waals surface area contributed by atoms with Crippen LogP contribution >= 0.6 is 43.5 Å². The summed E-state index contributed by atoms with van der Waals surface area (Å²) >= 11 is 12.7. The van der Waals surface area contributed by atoms with E-state index in [0.717, 1.165) is 31.6 Å². The van der Waals surface area contributed by atoms with Crippen LogP contribution in [0.15, 0.2) is 62.6 Å². The van der Waals surface area contributed by atoms with E-state index in [4.69, 9.17) is 16.3 Å². The molecule has 1 aromatic heterocycles. The molecule has 8 heteroatoms. The molecular weight excluding hydrogens is 522 g/mol. The van der Waals surface area contributed by atoms with E-state index >= 15 is 0 Å². The number of amides is 1. The predicted molar refractivity (Wildman–Crippen MR) is 123 cm³/mol. The summed E-state index contributed by atoms with van der Waals surface area (Å²) in [4.78, 5) is 12.0. The fraction of sp³-hybridized carbons (Fsp3) is 0.143. The minimum absolute atomic E-state index is 0.138. The van der Waals surface area contributed by atoms with Crippen LogP contribution in [-0.4, -0.2) is 23.3 Å². The summed E-state index contributed by atoms with van der Waals surface area (Å²) in [6.07, 6.45) is 1.63. The first-order chi connectivity index (χ1) is 13.8. The van der Waals surface area contributed by atoms with Crippen molar-refractivity contribution in [2.75, 3.05) is 6.61 Å². The van der Waals surface area contributed by atoms with Crippen LogP contribution in [0.1, 0.15) is 17.0 Å². The first-order valence-corrected chi connectivity index (χ1v) is 10.7. The normalized spacial score (nSPS) is 11.1. The van der Waals surface area contributed by atoms with Crippen LogP contribution in [0.3, 0.4) is 0 Å². The molecule has 3 rings (SSSR count). The van der Waals surface area contributed by atoms with Gasteiger partial charge in [0.25, 0.3) is 5.91 Å². The van der Waals surface area contributed by atoms with E-state index in [9.17, 15) is 4.79 Å². The molecule has 5 nitrogen and oxygen atoms in total. The van der Waals surface area contributed by atoms with Crippen LogP contribution in [-0.2, 0) is 4.79 Å². The Morgan fingerprint density at radius 1 is 1.17 bits per heavy atom. The largest absolute Gasteiger partial charge is 0.483 e. The van der Waals surface area contributed by atoms with Crippen LogP contribution in [0.5, 0.6) is 5.75 Å². The average Bonchev–Trinajstić information content (AvgIpc) is 2.95. The second kappa shape index (κ2) is 9.61. The monoisotopic (exact) mass is 537 g/mol. The summed E-state index contributed by atoms with van der Waals surface area (Å²) in [5, 5.41) is 4.75. The Labute approximate surface area is 191 Å². The number of hydrogen-bond donors (Lipinski definition) is 1. The van der Waals surface area contributed by atoms with Gasteiger partial charge >= 0.3 is 0 Å². The number of carbonyl (C=O) groups is 1. The van der Waals surface area contributed by atoms with Crippen LogP contribution < -0.4 is 10.2 Å². The molecule has 0 aliphatic heterocycles. The molecule has 1 N–H and O–H groups in total. The molecule has 0 saturated carbocycles. The number of nitrogens with one attached hydrogen (secondary N) is 1. The lowest BCUT2D eigenvalue weighted by atomic mass is 10.2. The van der Waals surface area contributed by atoms with Crippen molar-refractivity contribution >= 4 is 55.6 Å². The number of benzene rings is 2. The highest BCUT2D eigenvalue weighted by molar-refractivity contribution is 9.11. The van der Waals surface area contributed by atoms with Gasteiger partial charge in [0, 0.05) is 32.1 Å². The number of ether oxygens (including phenoxy) is 1. The lowest BCUT2D eigenvalue weighted by Gasteiger charge is -2.09. The van der Waals surface area contributed by atoms with Crippen molar-refractivity contribution in [3.63, 3.8) is 0 Å². The molecule has 0 unspecified atom stereocenters. The van der Waals surface area contributed by atoms with Gasteiger partial charge in [0.15, 0.2) is 6.61 Å². The summed E-state index contributed by atoms with van der Waals surface area (Å²) in [5.74, 6) is 0.237. The zero-order chi connectivity index (χ0) is 21.0. The van der Waals surface area contributed by atoms with Crippen LogP contribution in [0, 0.1) is 13.8 Å². The van der Waals surface area contributed by atoms with Gasteiger partial charge in [0.1, 0.15) is 5.75 Å². The lowest BCUT2D eigenvalue weighted by molar-refractivity contribution is -0.123. The average molecular weight is 540 g/mol. The molecular formula is C21H18Br2ClN3O2. The van der Waals surface area contributed by atoms with E-state index < -0.39 is 0 Å². The van der Waals surface area contributed by atoms with Gasteiger partial charge in [0.2, 0.25) is 0 Å². The number of hydrazone groups is 1. The van der Waals surface area contributed by atoms with Gasteiger partial charge in [0.05, 0.1) is 10.7 Å². The van der Waals surface area contributed by atoms with Gasteiger partial charge in [-0.2, -0.15) is 5.10 Å². The summed E-state index contributed by atoms with van der Waals surface area (Å²) in [7, 11) is 0. The first kappa shape index (κ1) is 21.6. The highest BCUT2D eigenvalue weighted by Crippen LogP contribution is 2.28. The summed E-state index contributed by atoms with van der Waals surface area (Å²) < 4.78 is 9.29. The van der Waals surface area contributed by atoms with Crippen molar-refractivity contribution < 1.29 is 9.53 Å². The fourth-order valence-electron chi connectivity index (χ4n) is 2.85. The molecule has 3 aromatic rings. The SMILES string of the molecule is Cc1cc(/C=N/NC(=O)COc2ccc(Br)cc2Br)c(C)n1-c1ccc(Cl)cc1. The summed E-state index contributed by atoms with van der Waals surface area (Å²) in [6.45, 7) is 3.88. The number of halogens is 3. The summed E-state index contributed by atoms with van der Waals surface area (Å²) in [6, 6.07) is 15.1. The number of aromatic nitrogens is 1. The Hall–Kier alpha value is -2.09. The number of nitrogens with zero attached hydrogens (tertiary/aromatic N) is 2. The minimum atomic E-state index is -0.345. The van der Waals surface area contributed by atoms with E-state index in [1.807, 2.05) is 56.3 Å². The molecule has 150 valence electrons. The molecule has 1 amide bonds. The van der Waals surface area contributed by atoms with Crippen molar-refractivity contribution in [2.45, 2.75) is 13.8 Å². The van der Waals surface area contributed by atoms with Crippen molar-refractivity contribution in [2.24, 2.45) is 5.10 Å². The summed E-state index contributed by atoms with van der Waals surface area (Å²) in [5.41, 5.74) is 6.48. The topological polar surface area (TPSA) is 55.6 Å². The van der Waals surface area contributed by atoms with Crippen molar-refractivity contribution in [1.29, 1.82) is 0 Å². The van der Waals surface area contributed by atoms with Gasteiger partial charge in [-0.05, 0) is 78.3 Å². The Kier molecular flexibility index (Phi) is 7.16. The molecule has 1 heterocycles. The maximum Gasteiger partial charge on any atom is 0.277 e. The quantitative estimate of drug-likeness (QED) is 0.318. The van der Waals surface area contributed by atoms with E-state index in [1.165, 1.54) is 0 Å². The number of aryl methyl sites for hydroxylation is 1. The maximum atomic E-state index is 12.0. The minimum Gasteiger partial charge on any atom is -0.483 e.